The summed E-state index contributed by atoms with van der Waals surface area (Å²) in [5.74, 6) is 1.06. The van der Waals surface area contributed by atoms with Gasteiger partial charge in [-0.05, 0) is 55.8 Å². The molecule has 2 aromatic carbocycles. The normalized spacial score (nSPS) is 12.0. The fourth-order valence-electron chi connectivity index (χ4n) is 3.57. The van der Waals surface area contributed by atoms with Crippen LogP contribution in [0.5, 0.6) is 11.5 Å². The number of nitrogens with zero attached hydrogens (tertiary/aromatic N) is 2. The molecule has 8 nitrogen and oxygen atoms in total. The van der Waals surface area contributed by atoms with Crippen molar-refractivity contribution < 1.29 is 27.9 Å². The van der Waals surface area contributed by atoms with Crippen LogP contribution in [-0.4, -0.2) is 41.1 Å². The minimum Gasteiger partial charge on any atom is -0.467 e. The SMILES string of the molecule is CC(C)N(CC(=O)N(Cc1ccc2c(c1)OCO2)Cc1ccco1)C(=O)Nc1ccccc1F. The molecule has 0 atom stereocenters. The Morgan fingerprint density at radius 2 is 1.82 bits per heavy atom. The van der Waals surface area contributed by atoms with Crippen molar-refractivity contribution in [2.75, 3.05) is 18.7 Å². The topological polar surface area (TPSA) is 84.2 Å². The number of amides is 3. The van der Waals surface area contributed by atoms with Gasteiger partial charge < -0.3 is 29.0 Å². The maximum absolute atomic E-state index is 14.0. The second kappa shape index (κ2) is 10.3. The lowest BCUT2D eigenvalue weighted by molar-refractivity contribution is -0.133. The summed E-state index contributed by atoms with van der Waals surface area (Å²) in [4.78, 5) is 29.2. The average Bonchev–Trinajstić information content (AvgIpc) is 3.49. The highest BCUT2D eigenvalue weighted by Crippen LogP contribution is 2.33. The molecular weight excluding hydrogens is 441 g/mol. The number of fused-ring (bicyclic) bond motifs is 1. The van der Waals surface area contributed by atoms with Crippen molar-refractivity contribution in [1.29, 1.82) is 0 Å². The molecular formula is C25H26FN3O5. The molecule has 2 heterocycles. The number of halogens is 1. The van der Waals surface area contributed by atoms with Crippen LogP contribution in [0.25, 0.3) is 0 Å². The van der Waals surface area contributed by atoms with Crippen molar-refractivity contribution in [3.63, 3.8) is 0 Å². The van der Waals surface area contributed by atoms with Crippen molar-refractivity contribution >= 4 is 17.6 Å². The first kappa shape index (κ1) is 23.2. The molecule has 34 heavy (non-hydrogen) atoms. The van der Waals surface area contributed by atoms with Crippen molar-refractivity contribution in [2.45, 2.75) is 33.0 Å². The van der Waals surface area contributed by atoms with Gasteiger partial charge in [-0.25, -0.2) is 9.18 Å². The number of carbonyl (C=O) groups excluding carboxylic acids is 2. The summed E-state index contributed by atoms with van der Waals surface area (Å²) in [5, 5.41) is 2.55. The monoisotopic (exact) mass is 467 g/mol. The van der Waals surface area contributed by atoms with E-state index in [9.17, 15) is 14.0 Å². The highest BCUT2D eigenvalue weighted by atomic mass is 19.1. The van der Waals surface area contributed by atoms with E-state index in [1.165, 1.54) is 23.1 Å². The number of para-hydroxylation sites is 1. The van der Waals surface area contributed by atoms with Crippen molar-refractivity contribution in [3.05, 3.63) is 78.0 Å². The Balaban J connectivity index is 1.50. The number of ether oxygens (including phenoxy) is 2. The summed E-state index contributed by atoms with van der Waals surface area (Å²) in [6, 6.07) is 14.1. The second-order valence-corrected chi connectivity index (χ2v) is 8.15. The van der Waals surface area contributed by atoms with E-state index in [1.807, 2.05) is 12.1 Å². The molecule has 9 heteroatoms. The lowest BCUT2D eigenvalue weighted by Crippen LogP contribution is -2.47. The highest BCUT2D eigenvalue weighted by Gasteiger charge is 2.25. The summed E-state index contributed by atoms with van der Waals surface area (Å²) in [7, 11) is 0. The van der Waals surface area contributed by atoms with E-state index in [1.54, 1.807) is 49.3 Å². The van der Waals surface area contributed by atoms with Crippen LogP contribution in [0.3, 0.4) is 0 Å². The summed E-state index contributed by atoms with van der Waals surface area (Å²) < 4.78 is 30.3. The Kier molecular flexibility index (Phi) is 7.01. The lowest BCUT2D eigenvalue weighted by atomic mass is 10.1. The molecule has 0 aliphatic carbocycles. The fourth-order valence-corrected chi connectivity index (χ4v) is 3.57. The van der Waals surface area contributed by atoms with E-state index >= 15 is 0 Å². The molecule has 1 aliphatic rings. The molecule has 1 aliphatic heterocycles. The van der Waals surface area contributed by atoms with Gasteiger partial charge in [-0.2, -0.15) is 0 Å². The van der Waals surface area contributed by atoms with E-state index in [2.05, 4.69) is 5.32 Å². The zero-order chi connectivity index (χ0) is 24.1. The minimum atomic E-state index is -0.561. The number of hydrogen-bond donors (Lipinski definition) is 1. The first-order valence-corrected chi connectivity index (χ1v) is 10.9. The molecule has 0 fully saturated rings. The molecule has 0 bridgehead atoms. The van der Waals surface area contributed by atoms with Gasteiger partial charge in [0.15, 0.2) is 11.5 Å². The number of urea groups is 1. The van der Waals surface area contributed by atoms with Crippen LogP contribution in [0.4, 0.5) is 14.9 Å². The van der Waals surface area contributed by atoms with E-state index in [-0.39, 0.29) is 44.1 Å². The number of hydrogen-bond acceptors (Lipinski definition) is 5. The number of rotatable bonds is 8. The Morgan fingerprint density at radius 3 is 2.56 bits per heavy atom. The highest BCUT2D eigenvalue weighted by molar-refractivity contribution is 5.92. The minimum absolute atomic E-state index is 0.0541. The molecule has 178 valence electrons. The van der Waals surface area contributed by atoms with E-state index in [0.29, 0.717) is 17.3 Å². The molecule has 0 radical (unpaired) electrons. The van der Waals surface area contributed by atoms with Crippen LogP contribution in [0.2, 0.25) is 0 Å². The Bertz CT molecular complexity index is 1150. The zero-order valence-corrected chi connectivity index (χ0v) is 19.0. The predicted octanol–water partition coefficient (Wildman–Crippen LogP) is 4.62. The summed E-state index contributed by atoms with van der Waals surface area (Å²) in [6.07, 6.45) is 1.54. The van der Waals surface area contributed by atoms with Gasteiger partial charge in [0.2, 0.25) is 12.7 Å². The van der Waals surface area contributed by atoms with Crippen LogP contribution in [-0.2, 0) is 17.9 Å². The van der Waals surface area contributed by atoms with Crippen LogP contribution in [0.1, 0.15) is 25.2 Å². The fraction of sp³-hybridized carbons (Fsp3) is 0.280. The largest absolute Gasteiger partial charge is 0.467 e. The standard InChI is InChI=1S/C25H26FN3O5/c1-17(2)29(25(31)27-21-8-4-3-7-20(21)26)15-24(30)28(14-19-6-5-11-32-19)13-18-9-10-22-23(12-18)34-16-33-22/h3-12,17H,13-16H2,1-2H3,(H,27,31). The molecule has 0 spiro atoms. The third-order valence-electron chi connectivity index (χ3n) is 5.40. The lowest BCUT2D eigenvalue weighted by Gasteiger charge is -2.30. The van der Waals surface area contributed by atoms with Crippen molar-refractivity contribution in [2.24, 2.45) is 0 Å². The van der Waals surface area contributed by atoms with E-state index < -0.39 is 11.8 Å². The third kappa shape index (κ3) is 5.48. The van der Waals surface area contributed by atoms with Crippen LogP contribution in [0.15, 0.2) is 65.3 Å². The third-order valence-corrected chi connectivity index (χ3v) is 5.40. The Hall–Kier alpha value is -4.01. The van der Waals surface area contributed by atoms with Gasteiger partial charge in [0, 0.05) is 12.6 Å². The van der Waals surface area contributed by atoms with Gasteiger partial charge >= 0.3 is 6.03 Å². The van der Waals surface area contributed by atoms with Gasteiger partial charge in [0.05, 0.1) is 18.5 Å². The molecule has 1 aromatic heterocycles. The van der Waals surface area contributed by atoms with E-state index in [4.69, 9.17) is 13.9 Å². The maximum Gasteiger partial charge on any atom is 0.322 e. The molecule has 3 amide bonds. The summed E-state index contributed by atoms with van der Waals surface area (Å²) in [6.45, 7) is 4.06. The number of benzene rings is 2. The number of nitrogens with one attached hydrogen (secondary N) is 1. The van der Waals surface area contributed by atoms with Gasteiger partial charge in [-0.1, -0.05) is 18.2 Å². The van der Waals surface area contributed by atoms with Crippen LogP contribution < -0.4 is 14.8 Å². The Labute approximate surface area is 196 Å². The predicted molar refractivity (Wildman–Crippen MR) is 123 cm³/mol. The van der Waals surface area contributed by atoms with Gasteiger partial charge in [-0.3, -0.25) is 4.79 Å². The van der Waals surface area contributed by atoms with Crippen molar-refractivity contribution in [3.8, 4) is 11.5 Å². The second-order valence-electron chi connectivity index (χ2n) is 8.15. The van der Waals surface area contributed by atoms with Gasteiger partial charge in [-0.15, -0.1) is 0 Å². The quantitative estimate of drug-likeness (QED) is 0.523. The number of furan rings is 1. The molecule has 0 unspecified atom stereocenters. The van der Waals surface area contributed by atoms with Crippen molar-refractivity contribution in [1.82, 2.24) is 9.80 Å². The average molecular weight is 467 g/mol. The Morgan fingerprint density at radius 1 is 1.03 bits per heavy atom. The molecule has 3 aromatic rings. The molecule has 0 saturated carbocycles. The van der Waals surface area contributed by atoms with E-state index in [0.717, 1.165) is 5.56 Å². The number of carbonyl (C=O) groups is 2. The molecule has 1 N–H and O–H groups in total. The zero-order valence-electron chi connectivity index (χ0n) is 19.0. The van der Waals surface area contributed by atoms with Crippen LogP contribution >= 0.6 is 0 Å². The summed E-state index contributed by atoms with van der Waals surface area (Å²) >= 11 is 0. The maximum atomic E-state index is 14.0. The van der Waals surface area contributed by atoms with Gasteiger partial charge in [0.25, 0.3) is 0 Å². The molecule has 4 rings (SSSR count). The molecule has 0 saturated heterocycles. The first-order chi connectivity index (χ1) is 16.4. The van der Waals surface area contributed by atoms with Crippen LogP contribution in [0, 0.1) is 5.82 Å². The number of anilines is 1. The smallest absolute Gasteiger partial charge is 0.322 e. The first-order valence-electron chi connectivity index (χ1n) is 10.9. The van der Waals surface area contributed by atoms with Gasteiger partial charge in [0.1, 0.15) is 18.1 Å². The summed E-state index contributed by atoms with van der Waals surface area (Å²) in [5.41, 5.74) is 0.898.